The maximum absolute atomic E-state index is 12.9. The molecule has 0 unspecified atom stereocenters. The zero-order valence-electron chi connectivity index (χ0n) is 10.6. The fourth-order valence-electron chi connectivity index (χ4n) is 2.92. The maximum atomic E-state index is 12.9. The number of hydrogen-bond donors (Lipinski definition) is 0. The molecule has 2 aliphatic rings. The number of nitrogens with zero attached hydrogens (tertiary/aromatic N) is 1. The first-order valence-electron chi connectivity index (χ1n) is 6.38. The lowest BCUT2D eigenvalue weighted by Gasteiger charge is -2.18. The van der Waals surface area contributed by atoms with Gasteiger partial charge in [-0.25, -0.2) is 12.8 Å². The molecule has 0 aliphatic carbocycles. The number of sulfonamides is 1. The van der Waals surface area contributed by atoms with E-state index in [1.54, 1.807) is 0 Å². The highest BCUT2D eigenvalue weighted by Gasteiger charge is 2.44. The van der Waals surface area contributed by atoms with Gasteiger partial charge >= 0.3 is 0 Å². The Morgan fingerprint density at radius 3 is 2.58 bits per heavy atom. The van der Waals surface area contributed by atoms with Gasteiger partial charge in [-0.15, -0.1) is 0 Å². The molecule has 6 heteroatoms. The van der Waals surface area contributed by atoms with Crippen molar-refractivity contribution in [2.75, 3.05) is 13.1 Å². The second-order valence-electron chi connectivity index (χ2n) is 5.26. The van der Waals surface area contributed by atoms with E-state index in [-0.39, 0.29) is 23.0 Å². The van der Waals surface area contributed by atoms with Crippen molar-refractivity contribution in [2.45, 2.75) is 30.4 Å². The van der Waals surface area contributed by atoms with Gasteiger partial charge in [-0.3, -0.25) is 0 Å². The van der Waals surface area contributed by atoms with Gasteiger partial charge in [0.05, 0.1) is 17.1 Å². The Balaban J connectivity index is 1.81. The molecule has 0 N–H and O–H groups in total. The Morgan fingerprint density at radius 2 is 1.95 bits per heavy atom. The number of fused-ring (bicyclic) bond motifs is 1. The number of rotatable bonds is 2. The topological polar surface area (TPSA) is 46.6 Å². The Hall–Kier alpha value is -0.980. The molecule has 0 spiro atoms. The van der Waals surface area contributed by atoms with Crippen molar-refractivity contribution in [3.8, 4) is 0 Å². The van der Waals surface area contributed by atoms with Crippen molar-refractivity contribution >= 4 is 10.0 Å². The summed E-state index contributed by atoms with van der Waals surface area (Å²) in [5.41, 5.74) is 0. The fraction of sp³-hybridized carbons (Fsp3) is 0.538. The molecule has 2 heterocycles. The third-order valence-corrected chi connectivity index (χ3v) is 5.69. The molecule has 2 aliphatic heterocycles. The van der Waals surface area contributed by atoms with Crippen molar-refractivity contribution in [1.82, 2.24) is 4.31 Å². The van der Waals surface area contributed by atoms with E-state index >= 15 is 0 Å². The molecule has 0 radical (unpaired) electrons. The molecular formula is C13H16FNO3S. The van der Waals surface area contributed by atoms with Crippen LogP contribution in [0.4, 0.5) is 4.39 Å². The van der Waals surface area contributed by atoms with Crippen molar-refractivity contribution < 1.29 is 17.5 Å². The van der Waals surface area contributed by atoms with Crippen LogP contribution in [0.25, 0.3) is 0 Å². The highest BCUT2D eigenvalue weighted by atomic mass is 32.2. The standard InChI is InChI=1S/C13H16FNO3S/c1-9-6-10-7-15(8-13(10)18-9)19(16,17)12-4-2-11(14)3-5-12/h2-5,9-10,13H,6-8H2,1H3/t9-,10+,13-/m1/s1. The summed E-state index contributed by atoms with van der Waals surface area (Å²) in [6.07, 6.45) is 1.12. The minimum absolute atomic E-state index is 0.00484. The molecule has 19 heavy (non-hydrogen) atoms. The van der Waals surface area contributed by atoms with Crippen LogP contribution in [-0.2, 0) is 14.8 Å². The molecule has 0 amide bonds. The number of benzene rings is 1. The van der Waals surface area contributed by atoms with Gasteiger partial charge in [0.15, 0.2) is 0 Å². The van der Waals surface area contributed by atoms with Gasteiger partial charge in [0, 0.05) is 19.0 Å². The quantitative estimate of drug-likeness (QED) is 0.829. The van der Waals surface area contributed by atoms with Gasteiger partial charge in [0.2, 0.25) is 10.0 Å². The van der Waals surface area contributed by atoms with Crippen molar-refractivity contribution in [3.63, 3.8) is 0 Å². The highest BCUT2D eigenvalue weighted by Crippen LogP contribution is 2.35. The summed E-state index contributed by atoms with van der Waals surface area (Å²) in [5.74, 6) is -0.153. The molecule has 4 nitrogen and oxygen atoms in total. The summed E-state index contributed by atoms with van der Waals surface area (Å²) in [5, 5.41) is 0. The minimum atomic E-state index is -3.53. The normalized spacial score (nSPS) is 31.6. The molecule has 2 saturated heterocycles. The lowest BCUT2D eigenvalue weighted by atomic mass is 10.0. The summed E-state index contributed by atoms with van der Waals surface area (Å²) < 4.78 is 44.8. The largest absolute Gasteiger partial charge is 0.374 e. The zero-order valence-corrected chi connectivity index (χ0v) is 11.4. The molecule has 3 atom stereocenters. The van der Waals surface area contributed by atoms with Crippen LogP contribution in [0.2, 0.25) is 0 Å². The Labute approximate surface area is 112 Å². The molecule has 1 aromatic carbocycles. The number of ether oxygens (including phenoxy) is 1. The first kappa shape index (κ1) is 13.0. The van der Waals surface area contributed by atoms with E-state index in [0.717, 1.165) is 6.42 Å². The predicted octanol–water partition coefficient (Wildman–Crippen LogP) is 1.62. The Kier molecular flexibility index (Phi) is 3.11. The van der Waals surface area contributed by atoms with Crippen LogP contribution in [0.15, 0.2) is 29.2 Å². The summed E-state index contributed by atoms with van der Waals surface area (Å²) >= 11 is 0. The third kappa shape index (κ3) is 2.28. The van der Waals surface area contributed by atoms with Crippen molar-refractivity contribution in [3.05, 3.63) is 30.1 Å². The first-order chi connectivity index (χ1) is 8.96. The highest BCUT2D eigenvalue weighted by molar-refractivity contribution is 7.89. The van der Waals surface area contributed by atoms with Crippen LogP contribution >= 0.6 is 0 Å². The molecule has 0 saturated carbocycles. The van der Waals surface area contributed by atoms with Gasteiger partial charge in [-0.2, -0.15) is 4.31 Å². The van der Waals surface area contributed by atoms with Crippen LogP contribution in [0.3, 0.4) is 0 Å². The van der Waals surface area contributed by atoms with Gasteiger partial charge in [-0.1, -0.05) is 0 Å². The van der Waals surface area contributed by atoms with E-state index in [4.69, 9.17) is 4.74 Å². The average Bonchev–Trinajstić information content (AvgIpc) is 2.87. The summed E-state index contributed by atoms with van der Waals surface area (Å²) in [4.78, 5) is 0.141. The SMILES string of the molecule is C[C@@H]1C[C@H]2CN(S(=O)(=O)c3ccc(F)cc3)C[C@H]2O1. The number of hydrogen-bond acceptors (Lipinski definition) is 3. The van der Waals surface area contributed by atoms with E-state index in [0.29, 0.717) is 13.1 Å². The van der Waals surface area contributed by atoms with Crippen LogP contribution in [-0.4, -0.2) is 38.0 Å². The summed E-state index contributed by atoms with van der Waals surface area (Å²) in [7, 11) is -3.53. The number of halogens is 1. The second kappa shape index (κ2) is 4.54. The summed E-state index contributed by atoms with van der Waals surface area (Å²) in [6.45, 7) is 2.90. The molecule has 104 valence electrons. The van der Waals surface area contributed by atoms with E-state index < -0.39 is 15.8 Å². The van der Waals surface area contributed by atoms with Gasteiger partial charge in [-0.05, 0) is 37.6 Å². The lowest BCUT2D eigenvalue weighted by Crippen LogP contribution is -2.31. The second-order valence-corrected chi connectivity index (χ2v) is 7.19. The van der Waals surface area contributed by atoms with Gasteiger partial charge < -0.3 is 4.74 Å². The Bertz CT molecular complexity index is 558. The molecule has 0 aromatic heterocycles. The summed E-state index contributed by atoms with van der Waals surface area (Å²) in [6, 6.07) is 4.95. The van der Waals surface area contributed by atoms with E-state index in [1.807, 2.05) is 6.92 Å². The predicted molar refractivity (Wildman–Crippen MR) is 67.6 cm³/mol. The van der Waals surface area contributed by atoms with E-state index in [9.17, 15) is 12.8 Å². The van der Waals surface area contributed by atoms with Crippen molar-refractivity contribution in [2.24, 2.45) is 5.92 Å². The lowest BCUT2D eigenvalue weighted by molar-refractivity contribution is 0.0541. The molecule has 3 rings (SSSR count). The molecule has 0 bridgehead atoms. The van der Waals surface area contributed by atoms with Gasteiger partial charge in [0.1, 0.15) is 5.82 Å². The fourth-order valence-corrected chi connectivity index (χ4v) is 4.43. The molecule has 1 aromatic rings. The third-order valence-electron chi connectivity index (χ3n) is 3.84. The first-order valence-corrected chi connectivity index (χ1v) is 7.82. The van der Waals surface area contributed by atoms with Crippen LogP contribution in [0, 0.1) is 11.7 Å². The minimum Gasteiger partial charge on any atom is -0.374 e. The van der Waals surface area contributed by atoms with Crippen LogP contribution in [0.5, 0.6) is 0 Å². The smallest absolute Gasteiger partial charge is 0.243 e. The van der Waals surface area contributed by atoms with Gasteiger partial charge in [0.25, 0.3) is 0 Å². The van der Waals surface area contributed by atoms with E-state index in [1.165, 1.54) is 28.6 Å². The molecule has 2 fully saturated rings. The molecular weight excluding hydrogens is 269 g/mol. The zero-order chi connectivity index (χ0) is 13.6. The monoisotopic (exact) mass is 285 g/mol. The average molecular weight is 285 g/mol. The van der Waals surface area contributed by atoms with E-state index in [2.05, 4.69) is 0 Å². The van der Waals surface area contributed by atoms with Crippen molar-refractivity contribution in [1.29, 1.82) is 0 Å². The Morgan fingerprint density at radius 1 is 1.26 bits per heavy atom. The maximum Gasteiger partial charge on any atom is 0.243 e. The van der Waals surface area contributed by atoms with Crippen LogP contribution in [0.1, 0.15) is 13.3 Å². The van der Waals surface area contributed by atoms with Crippen LogP contribution < -0.4 is 0 Å².